The molecule has 1 rings (SSSR count). The van der Waals surface area contributed by atoms with Crippen LogP contribution in [0.25, 0.3) is 0 Å². The fourth-order valence-corrected chi connectivity index (χ4v) is 1.94. The van der Waals surface area contributed by atoms with E-state index in [2.05, 4.69) is 17.4 Å². The van der Waals surface area contributed by atoms with Gasteiger partial charge in [0.2, 0.25) is 0 Å². The molecular weight excluding hydrogens is 206 g/mol. The van der Waals surface area contributed by atoms with Crippen molar-refractivity contribution in [3.63, 3.8) is 0 Å². The maximum atomic E-state index is 8.95. The number of oxime groups is 1. The SMILES string of the molecule is CCC(CC(N)=NO)NCC1(CCO)CC1. The molecule has 1 aliphatic rings. The molecule has 0 bridgehead atoms. The van der Waals surface area contributed by atoms with Gasteiger partial charge in [-0.25, -0.2) is 0 Å². The summed E-state index contributed by atoms with van der Waals surface area (Å²) < 4.78 is 0. The van der Waals surface area contributed by atoms with Crippen molar-refractivity contribution in [3.05, 3.63) is 0 Å². The number of hydrogen-bond acceptors (Lipinski definition) is 4. The number of nitrogens with two attached hydrogens (primary N) is 1. The zero-order valence-electron chi connectivity index (χ0n) is 9.95. The number of nitrogens with zero attached hydrogens (tertiary/aromatic N) is 1. The third-order valence-electron chi connectivity index (χ3n) is 3.44. The molecule has 0 radical (unpaired) electrons. The van der Waals surface area contributed by atoms with Gasteiger partial charge in [-0.2, -0.15) is 0 Å². The van der Waals surface area contributed by atoms with Gasteiger partial charge in [-0.1, -0.05) is 12.1 Å². The second-order valence-electron chi connectivity index (χ2n) is 4.76. The van der Waals surface area contributed by atoms with E-state index >= 15 is 0 Å². The highest BCUT2D eigenvalue weighted by Crippen LogP contribution is 2.48. The van der Waals surface area contributed by atoms with Crippen LogP contribution in [0.4, 0.5) is 0 Å². The van der Waals surface area contributed by atoms with Crippen molar-refractivity contribution in [2.75, 3.05) is 13.2 Å². The third-order valence-corrected chi connectivity index (χ3v) is 3.44. The molecule has 0 amide bonds. The highest BCUT2D eigenvalue weighted by molar-refractivity contribution is 5.80. The molecule has 0 saturated heterocycles. The molecule has 1 saturated carbocycles. The second kappa shape index (κ2) is 6.06. The summed E-state index contributed by atoms with van der Waals surface area (Å²) in [6.45, 7) is 3.26. The zero-order chi connectivity index (χ0) is 12.0. The number of aliphatic hydroxyl groups is 1. The van der Waals surface area contributed by atoms with E-state index in [1.165, 1.54) is 12.8 Å². The van der Waals surface area contributed by atoms with E-state index in [9.17, 15) is 0 Å². The van der Waals surface area contributed by atoms with E-state index in [1.54, 1.807) is 0 Å². The average Bonchev–Trinajstić information content (AvgIpc) is 3.04. The van der Waals surface area contributed by atoms with Crippen LogP contribution in [0.1, 0.15) is 39.0 Å². The Hall–Kier alpha value is -0.810. The lowest BCUT2D eigenvalue weighted by Crippen LogP contribution is -2.37. The number of hydrogen-bond donors (Lipinski definition) is 4. The van der Waals surface area contributed by atoms with Crippen LogP contribution in [0.5, 0.6) is 0 Å². The van der Waals surface area contributed by atoms with E-state index in [0.717, 1.165) is 19.4 Å². The van der Waals surface area contributed by atoms with Gasteiger partial charge in [-0.05, 0) is 31.1 Å². The summed E-state index contributed by atoms with van der Waals surface area (Å²) in [6.07, 6.45) is 4.79. The summed E-state index contributed by atoms with van der Waals surface area (Å²) in [5.41, 5.74) is 5.80. The molecule has 16 heavy (non-hydrogen) atoms. The molecule has 5 N–H and O–H groups in total. The van der Waals surface area contributed by atoms with Crippen molar-refractivity contribution in [1.82, 2.24) is 5.32 Å². The van der Waals surface area contributed by atoms with E-state index in [0.29, 0.717) is 11.8 Å². The third kappa shape index (κ3) is 3.98. The molecule has 1 fully saturated rings. The Labute approximate surface area is 96.7 Å². The molecule has 1 unspecified atom stereocenters. The molecule has 0 spiro atoms. The average molecular weight is 229 g/mol. The van der Waals surface area contributed by atoms with E-state index in [-0.39, 0.29) is 18.5 Å². The molecule has 0 aromatic heterocycles. The number of aliphatic hydroxyl groups excluding tert-OH is 1. The number of rotatable bonds is 8. The summed E-state index contributed by atoms with van der Waals surface area (Å²) >= 11 is 0. The Morgan fingerprint density at radius 3 is 2.69 bits per heavy atom. The highest BCUT2D eigenvalue weighted by Gasteiger charge is 2.41. The lowest BCUT2D eigenvalue weighted by Gasteiger charge is -2.21. The van der Waals surface area contributed by atoms with Crippen molar-refractivity contribution >= 4 is 5.84 Å². The molecule has 0 aliphatic heterocycles. The monoisotopic (exact) mass is 229 g/mol. The number of amidine groups is 1. The predicted molar refractivity (Wildman–Crippen MR) is 63.5 cm³/mol. The van der Waals surface area contributed by atoms with Gasteiger partial charge in [0.05, 0.1) is 0 Å². The maximum absolute atomic E-state index is 8.95. The fourth-order valence-electron chi connectivity index (χ4n) is 1.94. The van der Waals surface area contributed by atoms with Crippen LogP contribution in [0.2, 0.25) is 0 Å². The van der Waals surface area contributed by atoms with Crippen LogP contribution in [-0.4, -0.2) is 35.3 Å². The van der Waals surface area contributed by atoms with Gasteiger partial charge < -0.3 is 21.4 Å². The summed E-state index contributed by atoms with van der Waals surface area (Å²) in [5.74, 6) is 0.270. The molecule has 94 valence electrons. The Morgan fingerprint density at radius 1 is 1.56 bits per heavy atom. The predicted octanol–water partition coefficient (Wildman–Crippen LogP) is 0.654. The Bertz CT molecular complexity index is 239. The normalized spacial score (nSPS) is 20.8. The van der Waals surface area contributed by atoms with E-state index < -0.39 is 0 Å². The van der Waals surface area contributed by atoms with Crippen LogP contribution in [-0.2, 0) is 0 Å². The van der Waals surface area contributed by atoms with Gasteiger partial charge in [0.1, 0.15) is 5.84 Å². The zero-order valence-corrected chi connectivity index (χ0v) is 9.95. The first kappa shape index (κ1) is 13.3. The standard InChI is InChI=1S/C11H23N3O2/c1-2-9(7-10(12)14-16)13-8-11(3-4-11)5-6-15/h9,13,15-16H,2-8H2,1H3,(H2,12,14). The summed E-state index contributed by atoms with van der Waals surface area (Å²) in [7, 11) is 0. The molecule has 1 atom stereocenters. The van der Waals surface area contributed by atoms with Gasteiger partial charge >= 0.3 is 0 Å². The first-order valence-corrected chi connectivity index (χ1v) is 5.96. The Morgan fingerprint density at radius 2 is 2.25 bits per heavy atom. The van der Waals surface area contributed by atoms with Crippen molar-refractivity contribution < 1.29 is 10.3 Å². The second-order valence-corrected chi connectivity index (χ2v) is 4.76. The van der Waals surface area contributed by atoms with Crippen LogP contribution in [0, 0.1) is 5.41 Å². The van der Waals surface area contributed by atoms with Crippen LogP contribution in [0.3, 0.4) is 0 Å². The lowest BCUT2D eigenvalue weighted by molar-refractivity contribution is 0.241. The minimum absolute atomic E-state index is 0.257. The minimum Gasteiger partial charge on any atom is -0.409 e. The van der Waals surface area contributed by atoms with E-state index in [4.69, 9.17) is 16.0 Å². The molecular formula is C11H23N3O2. The summed E-state index contributed by atoms with van der Waals surface area (Å²) in [4.78, 5) is 0. The summed E-state index contributed by atoms with van der Waals surface area (Å²) in [5, 5.41) is 23.9. The number of nitrogens with one attached hydrogen (secondary N) is 1. The molecule has 0 aromatic carbocycles. The van der Waals surface area contributed by atoms with Gasteiger partial charge in [0.15, 0.2) is 0 Å². The van der Waals surface area contributed by atoms with Crippen LogP contribution < -0.4 is 11.1 Å². The summed E-state index contributed by atoms with van der Waals surface area (Å²) in [6, 6.07) is 0.257. The van der Waals surface area contributed by atoms with Gasteiger partial charge in [0.25, 0.3) is 0 Å². The van der Waals surface area contributed by atoms with E-state index in [1.807, 2.05) is 0 Å². The molecule has 5 nitrogen and oxygen atoms in total. The molecule has 1 aliphatic carbocycles. The molecule has 0 aromatic rings. The van der Waals surface area contributed by atoms with Gasteiger partial charge in [0, 0.05) is 25.6 Å². The smallest absolute Gasteiger partial charge is 0.140 e. The van der Waals surface area contributed by atoms with Gasteiger partial charge in [-0.15, -0.1) is 0 Å². The molecule has 5 heteroatoms. The first-order chi connectivity index (χ1) is 7.65. The van der Waals surface area contributed by atoms with Crippen molar-refractivity contribution in [2.45, 2.75) is 45.1 Å². The fraction of sp³-hybridized carbons (Fsp3) is 0.909. The van der Waals surface area contributed by atoms with Crippen LogP contribution >= 0.6 is 0 Å². The van der Waals surface area contributed by atoms with Crippen molar-refractivity contribution in [2.24, 2.45) is 16.3 Å². The Kier molecular flexibility index (Phi) is 5.02. The first-order valence-electron chi connectivity index (χ1n) is 5.96. The lowest BCUT2D eigenvalue weighted by atomic mass is 10.0. The largest absolute Gasteiger partial charge is 0.409 e. The van der Waals surface area contributed by atoms with Crippen molar-refractivity contribution in [1.29, 1.82) is 0 Å². The molecule has 0 heterocycles. The topological polar surface area (TPSA) is 90.9 Å². The minimum atomic E-state index is 0.257. The van der Waals surface area contributed by atoms with Crippen LogP contribution in [0.15, 0.2) is 5.16 Å². The van der Waals surface area contributed by atoms with Gasteiger partial charge in [-0.3, -0.25) is 0 Å². The Balaban J connectivity index is 2.28. The van der Waals surface area contributed by atoms with Crippen molar-refractivity contribution in [3.8, 4) is 0 Å². The quantitative estimate of drug-likeness (QED) is 0.213. The highest BCUT2D eigenvalue weighted by atomic mass is 16.4. The maximum Gasteiger partial charge on any atom is 0.140 e.